The van der Waals surface area contributed by atoms with Crippen molar-refractivity contribution in [2.24, 2.45) is 29.6 Å². The molecule has 1 aliphatic heterocycles. The number of anilines is 1. The zero-order valence-corrected chi connectivity index (χ0v) is 41.0. The van der Waals surface area contributed by atoms with Gasteiger partial charge in [0.05, 0.1) is 48.4 Å². The highest BCUT2D eigenvalue weighted by atomic mass is 32.2. The molecule has 1 aliphatic rings. The van der Waals surface area contributed by atoms with Crippen LogP contribution in [0.5, 0.6) is 0 Å². The second kappa shape index (κ2) is 24.8. The molecule has 9 atom stereocenters. The number of methoxy groups -OCH3 is 2. The number of hydrogen-bond donors (Lipinski definition) is 3. The smallest absolute Gasteiger partial charge is 0.256 e. The third kappa shape index (κ3) is 14.8. The summed E-state index contributed by atoms with van der Waals surface area (Å²) in [6.07, 6.45) is 0.547. The molecule has 0 saturated carbocycles. The van der Waals surface area contributed by atoms with E-state index >= 15 is 0 Å². The van der Waals surface area contributed by atoms with E-state index in [1.807, 2.05) is 66.6 Å². The molecule has 64 heavy (non-hydrogen) atoms. The lowest BCUT2D eigenvalue weighted by Gasteiger charge is -2.41. The predicted molar refractivity (Wildman–Crippen MR) is 250 cm³/mol. The first-order valence-corrected chi connectivity index (χ1v) is 24.3. The van der Waals surface area contributed by atoms with Crippen LogP contribution in [0, 0.1) is 29.6 Å². The van der Waals surface area contributed by atoms with Crippen LogP contribution in [-0.4, -0.2) is 131 Å². The number of ether oxygens (including phenoxy) is 2. The number of rotatable bonds is 25. The summed E-state index contributed by atoms with van der Waals surface area (Å²) in [5.74, 6) is -3.79. The summed E-state index contributed by atoms with van der Waals surface area (Å²) < 4.78 is 40.5. The van der Waals surface area contributed by atoms with Gasteiger partial charge in [0, 0.05) is 52.3 Å². The first-order chi connectivity index (χ1) is 30.1. The normalized spacial score (nSPS) is 18.2. The molecule has 2 aromatic carbocycles. The molecule has 358 valence electrons. The standard InChI is InChI=1S/C48H76N6O9S/c1-13-32(6)44(53(10)48(59)37(30(2)3)27-40(55)43(31(4)5)52(8)9)41(62-11)28-42(56)54-25-17-20-39(54)45(63-12)33(7)46(57)50-38(26-34-18-15-14-16-19-34)47(58)51-64(60,61)29-35-21-23-36(49)24-22-35/h14-16,18-19,21-24,30-33,37-39,41,43-45H,13,17,20,25-29,49H2,1-12H3,(H,50,57)(H,51,58)/t32-,33+,37-,38-,39-,41+,43-,44-,45+/m0/s1. The highest BCUT2D eigenvalue weighted by molar-refractivity contribution is 7.89. The maximum atomic E-state index is 14.4. The number of carbonyl (C=O) groups excluding carboxylic acids is 5. The van der Waals surface area contributed by atoms with Gasteiger partial charge < -0.3 is 30.3 Å². The highest BCUT2D eigenvalue weighted by Gasteiger charge is 2.43. The van der Waals surface area contributed by atoms with Crippen molar-refractivity contribution in [3.8, 4) is 0 Å². The fraction of sp³-hybridized carbons (Fsp3) is 0.646. The van der Waals surface area contributed by atoms with Crippen LogP contribution < -0.4 is 15.8 Å². The molecule has 4 N–H and O–H groups in total. The number of ketones is 1. The first-order valence-electron chi connectivity index (χ1n) is 22.6. The van der Waals surface area contributed by atoms with Crippen LogP contribution in [0.25, 0.3) is 0 Å². The van der Waals surface area contributed by atoms with Gasteiger partial charge in [-0.1, -0.05) is 97.4 Å². The Kier molecular flexibility index (Phi) is 20.9. The van der Waals surface area contributed by atoms with Crippen molar-refractivity contribution >= 4 is 45.1 Å². The number of amides is 4. The minimum Gasteiger partial charge on any atom is -0.399 e. The van der Waals surface area contributed by atoms with Gasteiger partial charge in [0.1, 0.15) is 6.04 Å². The zero-order valence-electron chi connectivity index (χ0n) is 40.2. The number of nitrogen functional groups attached to an aromatic ring is 1. The molecule has 1 heterocycles. The lowest BCUT2D eigenvalue weighted by Crippen LogP contribution is -2.55. The van der Waals surface area contributed by atoms with E-state index in [1.54, 1.807) is 72.3 Å². The summed E-state index contributed by atoms with van der Waals surface area (Å²) in [5, 5.41) is 2.79. The van der Waals surface area contributed by atoms with Crippen LogP contribution in [-0.2, 0) is 55.6 Å². The Balaban J connectivity index is 1.82. The van der Waals surface area contributed by atoms with Crippen LogP contribution in [0.4, 0.5) is 5.69 Å². The van der Waals surface area contributed by atoms with Crippen molar-refractivity contribution in [3.05, 3.63) is 65.7 Å². The van der Waals surface area contributed by atoms with E-state index in [9.17, 15) is 32.4 Å². The molecule has 0 spiro atoms. The molecule has 2 aromatic rings. The molecular weight excluding hydrogens is 837 g/mol. The fourth-order valence-corrected chi connectivity index (χ4v) is 10.4. The molecule has 0 aromatic heterocycles. The molecule has 4 amide bonds. The summed E-state index contributed by atoms with van der Waals surface area (Å²) in [4.78, 5) is 75.5. The third-order valence-corrected chi connectivity index (χ3v) is 14.1. The topological polar surface area (TPSA) is 198 Å². The van der Waals surface area contributed by atoms with Gasteiger partial charge in [-0.3, -0.25) is 33.6 Å². The van der Waals surface area contributed by atoms with Crippen LogP contribution in [0.3, 0.4) is 0 Å². The number of likely N-dealkylation sites (N-methyl/N-ethyl adjacent to an activating group) is 2. The lowest BCUT2D eigenvalue weighted by atomic mass is 9.83. The molecular formula is C48H76N6O9S. The summed E-state index contributed by atoms with van der Waals surface area (Å²) in [6.45, 7) is 14.0. The van der Waals surface area contributed by atoms with E-state index in [-0.39, 0.29) is 60.7 Å². The number of benzene rings is 2. The quantitative estimate of drug-likeness (QED) is 0.117. The van der Waals surface area contributed by atoms with Crippen molar-refractivity contribution < 1.29 is 41.9 Å². The number of nitrogens with two attached hydrogens (primary N) is 1. The number of carbonyl (C=O) groups is 5. The molecule has 15 nitrogen and oxygen atoms in total. The van der Waals surface area contributed by atoms with Crippen molar-refractivity contribution in [3.63, 3.8) is 0 Å². The SMILES string of the molecule is CC[C@H](C)[C@@H]([C@@H](CC(=O)N1CCC[C@H]1[C@H](OC)[C@@H](C)C(=O)N[C@@H](Cc1ccccc1)C(=O)NS(=O)(=O)Cc1ccc(N)cc1)OC)N(C)C(=O)[C@@H](CC(=O)[C@H](C(C)C)N(C)C)C(C)C. The molecule has 0 bridgehead atoms. The highest BCUT2D eigenvalue weighted by Crippen LogP contribution is 2.31. The van der Waals surface area contributed by atoms with Crippen molar-refractivity contribution in [2.75, 3.05) is 47.6 Å². The van der Waals surface area contributed by atoms with Gasteiger partial charge in [0.25, 0.3) is 5.91 Å². The Hall–Kier alpha value is -4.38. The maximum Gasteiger partial charge on any atom is 0.256 e. The second-order valence-electron chi connectivity index (χ2n) is 18.5. The van der Waals surface area contributed by atoms with E-state index in [0.29, 0.717) is 42.6 Å². The minimum atomic E-state index is -4.16. The number of sulfonamides is 1. The van der Waals surface area contributed by atoms with E-state index in [0.717, 1.165) is 0 Å². The predicted octanol–water partition coefficient (Wildman–Crippen LogP) is 4.68. The number of likely N-dealkylation sites (tertiary alicyclic amines) is 1. The zero-order chi connectivity index (χ0) is 48.1. The van der Waals surface area contributed by atoms with Crippen LogP contribution in [0.15, 0.2) is 54.6 Å². The van der Waals surface area contributed by atoms with Gasteiger partial charge >= 0.3 is 0 Å². The van der Waals surface area contributed by atoms with Gasteiger partial charge in [-0.15, -0.1) is 0 Å². The maximum absolute atomic E-state index is 14.4. The average molecular weight is 913 g/mol. The summed E-state index contributed by atoms with van der Waals surface area (Å²) in [5.41, 5.74) is 7.35. The van der Waals surface area contributed by atoms with Crippen LogP contribution >= 0.6 is 0 Å². The monoisotopic (exact) mass is 913 g/mol. The van der Waals surface area contributed by atoms with Crippen molar-refractivity contribution in [1.29, 1.82) is 0 Å². The van der Waals surface area contributed by atoms with E-state index < -0.39 is 69.8 Å². The number of hydrogen-bond acceptors (Lipinski definition) is 11. The van der Waals surface area contributed by atoms with E-state index in [1.165, 1.54) is 14.2 Å². The first kappa shape index (κ1) is 54.0. The van der Waals surface area contributed by atoms with Gasteiger partial charge in [-0.05, 0) is 68.0 Å². The third-order valence-electron chi connectivity index (χ3n) is 12.8. The lowest BCUT2D eigenvalue weighted by molar-refractivity contribution is -0.149. The van der Waals surface area contributed by atoms with E-state index in [2.05, 4.69) is 10.0 Å². The molecule has 1 saturated heterocycles. The second-order valence-corrected chi connectivity index (χ2v) is 20.2. The Morgan fingerprint density at radius 2 is 1.47 bits per heavy atom. The van der Waals surface area contributed by atoms with Gasteiger partial charge in [0.15, 0.2) is 5.78 Å². The summed E-state index contributed by atoms with van der Waals surface area (Å²) in [7, 11) is 4.35. The molecule has 16 heteroatoms. The fourth-order valence-electron chi connectivity index (χ4n) is 9.23. The Morgan fingerprint density at radius 3 is 2.00 bits per heavy atom. The molecule has 1 fully saturated rings. The number of nitrogens with one attached hydrogen (secondary N) is 2. The summed E-state index contributed by atoms with van der Waals surface area (Å²) in [6, 6.07) is 12.7. The van der Waals surface area contributed by atoms with Gasteiger partial charge in [-0.2, -0.15) is 0 Å². The average Bonchev–Trinajstić information content (AvgIpc) is 3.72. The Labute approximate surface area is 382 Å². The molecule has 0 unspecified atom stereocenters. The van der Waals surface area contributed by atoms with Gasteiger partial charge in [-0.25, -0.2) is 8.42 Å². The molecule has 0 aliphatic carbocycles. The van der Waals surface area contributed by atoms with Crippen molar-refractivity contribution in [2.45, 2.75) is 129 Å². The number of Topliss-reactive ketones (excluding diaryl/α,β-unsaturated/α-hetero) is 1. The van der Waals surface area contributed by atoms with Gasteiger partial charge in [0.2, 0.25) is 27.7 Å². The van der Waals surface area contributed by atoms with Crippen LogP contribution in [0.1, 0.15) is 91.7 Å². The molecule has 3 rings (SSSR count). The van der Waals surface area contributed by atoms with Crippen LogP contribution in [0.2, 0.25) is 0 Å². The van der Waals surface area contributed by atoms with E-state index in [4.69, 9.17) is 15.2 Å². The Bertz CT molecular complexity index is 1940. The largest absolute Gasteiger partial charge is 0.399 e. The Morgan fingerprint density at radius 1 is 0.844 bits per heavy atom. The molecule has 0 radical (unpaired) electrons. The minimum absolute atomic E-state index is 0.0167. The van der Waals surface area contributed by atoms with Crippen molar-refractivity contribution in [1.82, 2.24) is 24.7 Å². The summed E-state index contributed by atoms with van der Waals surface area (Å²) >= 11 is 0. The number of nitrogens with zero attached hydrogens (tertiary/aromatic N) is 3.